The van der Waals surface area contributed by atoms with Crippen molar-refractivity contribution >= 4 is 63.9 Å². The average molecular weight is 476 g/mol. The third-order valence-electron chi connectivity index (χ3n) is 5.32. The number of carbonyl (C=O) groups is 3. The van der Waals surface area contributed by atoms with Crippen LogP contribution in [0.15, 0.2) is 18.2 Å². The van der Waals surface area contributed by atoms with Crippen LogP contribution in [0.1, 0.15) is 24.8 Å². The smallest absolute Gasteiger partial charge is 0.313 e. The topological polar surface area (TPSA) is 130 Å². The number of alkyl halides is 2. The lowest BCUT2D eigenvalue weighted by atomic mass is 10.1. The molecule has 0 bridgehead atoms. The molecule has 1 aliphatic carbocycles. The zero-order valence-corrected chi connectivity index (χ0v) is 18.4. The van der Waals surface area contributed by atoms with E-state index in [-0.39, 0.29) is 30.0 Å². The molecule has 2 fully saturated rings. The highest BCUT2D eigenvalue weighted by molar-refractivity contribution is 6.50. The number of amides is 3. The fraction of sp³-hybridized carbons (Fsp3) is 0.474. The predicted molar refractivity (Wildman–Crippen MR) is 115 cm³/mol. The number of rotatable bonds is 8. The normalized spacial score (nSPS) is 21.8. The maximum atomic E-state index is 12.8. The van der Waals surface area contributed by atoms with Gasteiger partial charge in [0.15, 0.2) is 0 Å². The number of nitrogens with one attached hydrogen (secondary N) is 2. The molecular formula is C19H23Cl3N5O3+. The van der Waals surface area contributed by atoms with Gasteiger partial charge in [-0.1, -0.05) is 11.6 Å². The average Bonchev–Trinajstić information content (AvgIpc) is 3.06. The molecule has 0 aromatic heterocycles. The standard InChI is InChI=1S/C19H22Cl3N5O3/c20-11-3-4-12(16(23)17(24)29)13(6-11)25-9-15(28)27-5-1-2-14(27)18(30)26-8-10-7-19(10,21)22/h3-4,6,10,14,23,25H,1-2,5,7-9H2,(H2,24,29)(H,26,30)/p+1/t10-,14+/m1/s1. The summed E-state index contributed by atoms with van der Waals surface area (Å²) in [6, 6.07) is 4.12. The fourth-order valence-electron chi connectivity index (χ4n) is 3.47. The maximum Gasteiger partial charge on any atom is 0.313 e. The van der Waals surface area contributed by atoms with E-state index < -0.39 is 16.3 Å². The van der Waals surface area contributed by atoms with Gasteiger partial charge in [-0.05, 0) is 37.5 Å². The van der Waals surface area contributed by atoms with Gasteiger partial charge in [0.2, 0.25) is 11.8 Å². The van der Waals surface area contributed by atoms with E-state index in [1.165, 1.54) is 4.90 Å². The predicted octanol–water partition coefficient (Wildman–Crippen LogP) is 0.0864. The number of primary amides is 1. The summed E-state index contributed by atoms with van der Waals surface area (Å²) >= 11 is 18.0. The third-order valence-corrected chi connectivity index (χ3v) is 6.48. The highest BCUT2D eigenvalue weighted by atomic mass is 35.5. The van der Waals surface area contributed by atoms with Crippen LogP contribution in [0.3, 0.4) is 0 Å². The number of halogens is 3. The van der Waals surface area contributed by atoms with Gasteiger partial charge in [0.25, 0.3) is 5.71 Å². The Hall–Kier alpha value is -2.03. The molecule has 1 heterocycles. The lowest BCUT2D eigenvalue weighted by molar-refractivity contribution is -0.137. The van der Waals surface area contributed by atoms with Gasteiger partial charge in [0.05, 0.1) is 17.8 Å². The maximum absolute atomic E-state index is 12.8. The summed E-state index contributed by atoms with van der Waals surface area (Å²) in [5, 5.41) is 11.9. The van der Waals surface area contributed by atoms with Crippen LogP contribution in [-0.2, 0) is 14.4 Å². The lowest BCUT2D eigenvalue weighted by Crippen LogP contribution is -2.49. The number of carbonyl (C=O) groups excluding carboxylic acids is 3. The number of anilines is 1. The Labute approximate surface area is 188 Å². The summed E-state index contributed by atoms with van der Waals surface area (Å²) in [5.74, 6) is -1.22. The molecule has 0 radical (unpaired) electrons. The van der Waals surface area contributed by atoms with Gasteiger partial charge in [-0.3, -0.25) is 14.4 Å². The number of benzene rings is 1. The van der Waals surface area contributed by atoms with E-state index in [4.69, 9.17) is 45.9 Å². The van der Waals surface area contributed by atoms with Gasteiger partial charge in [0.1, 0.15) is 10.4 Å². The number of nitrogens with two attached hydrogens (primary N) is 2. The largest absolute Gasteiger partial charge is 0.375 e. The summed E-state index contributed by atoms with van der Waals surface area (Å²) in [6.07, 6.45) is 1.95. The fourth-order valence-corrected chi connectivity index (χ4v) is 4.17. The van der Waals surface area contributed by atoms with Crippen molar-refractivity contribution in [3.8, 4) is 0 Å². The summed E-state index contributed by atoms with van der Waals surface area (Å²) in [7, 11) is 0. The van der Waals surface area contributed by atoms with Crippen molar-refractivity contribution in [2.24, 2.45) is 11.7 Å². The highest BCUT2D eigenvalue weighted by Gasteiger charge is 2.51. The Balaban J connectivity index is 1.60. The van der Waals surface area contributed by atoms with E-state index in [2.05, 4.69) is 10.6 Å². The van der Waals surface area contributed by atoms with Crippen LogP contribution < -0.4 is 21.8 Å². The van der Waals surface area contributed by atoms with Crippen molar-refractivity contribution in [1.29, 1.82) is 0 Å². The molecule has 0 unspecified atom stereocenters. The molecular weight excluding hydrogens is 453 g/mol. The minimum absolute atomic E-state index is 0.0326. The van der Waals surface area contributed by atoms with Crippen LogP contribution in [0, 0.1) is 5.92 Å². The first-order valence-electron chi connectivity index (χ1n) is 9.51. The first-order valence-corrected chi connectivity index (χ1v) is 10.6. The molecule has 1 saturated heterocycles. The Morgan fingerprint density at radius 3 is 2.63 bits per heavy atom. The Bertz CT molecular complexity index is 892. The second kappa shape index (κ2) is 8.99. The molecule has 11 heteroatoms. The summed E-state index contributed by atoms with van der Waals surface area (Å²) in [4.78, 5) is 38.3. The van der Waals surface area contributed by atoms with Gasteiger partial charge in [-0.25, -0.2) is 5.41 Å². The molecule has 6 N–H and O–H groups in total. The van der Waals surface area contributed by atoms with Gasteiger partial charge < -0.3 is 21.3 Å². The van der Waals surface area contributed by atoms with Gasteiger partial charge in [0, 0.05) is 24.0 Å². The van der Waals surface area contributed by atoms with Crippen LogP contribution in [0.25, 0.3) is 0 Å². The molecule has 2 aliphatic rings. The Morgan fingerprint density at radius 2 is 2.00 bits per heavy atom. The second-order valence-electron chi connectivity index (χ2n) is 7.47. The van der Waals surface area contributed by atoms with Crippen LogP contribution in [0.2, 0.25) is 5.02 Å². The van der Waals surface area contributed by atoms with E-state index in [1.54, 1.807) is 18.2 Å². The molecule has 3 amide bonds. The molecule has 162 valence electrons. The van der Waals surface area contributed by atoms with E-state index in [0.29, 0.717) is 42.2 Å². The highest BCUT2D eigenvalue weighted by Crippen LogP contribution is 2.52. The second-order valence-corrected chi connectivity index (χ2v) is 9.45. The van der Waals surface area contributed by atoms with Crippen molar-refractivity contribution < 1.29 is 19.8 Å². The van der Waals surface area contributed by atoms with Crippen LogP contribution in [-0.4, -0.2) is 58.3 Å². The van der Waals surface area contributed by atoms with Crippen molar-refractivity contribution in [2.45, 2.75) is 29.6 Å². The molecule has 1 aliphatic heterocycles. The Morgan fingerprint density at radius 1 is 1.30 bits per heavy atom. The van der Waals surface area contributed by atoms with Gasteiger partial charge in [-0.15, -0.1) is 23.2 Å². The minimum atomic E-state index is -0.781. The minimum Gasteiger partial charge on any atom is -0.375 e. The summed E-state index contributed by atoms with van der Waals surface area (Å²) < 4.78 is -0.763. The third kappa shape index (κ3) is 5.17. The molecule has 1 saturated carbocycles. The summed E-state index contributed by atoms with van der Waals surface area (Å²) in [6.45, 7) is 0.768. The quantitative estimate of drug-likeness (QED) is 0.313. The van der Waals surface area contributed by atoms with E-state index >= 15 is 0 Å². The molecule has 30 heavy (non-hydrogen) atoms. The zero-order chi connectivity index (χ0) is 22.1. The summed E-state index contributed by atoms with van der Waals surface area (Å²) in [5.41, 5.74) is 5.87. The van der Waals surface area contributed by atoms with Crippen LogP contribution in [0.4, 0.5) is 5.69 Å². The van der Waals surface area contributed by atoms with Crippen molar-refractivity contribution in [3.05, 3.63) is 28.8 Å². The van der Waals surface area contributed by atoms with E-state index in [9.17, 15) is 14.4 Å². The number of likely N-dealkylation sites (tertiary alicyclic amines) is 1. The first-order chi connectivity index (χ1) is 14.1. The molecule has 1 aromatic carbocycles. The molecule has 1 aromatic rings. The van der Waals surface area contributed by atoms with E-state index in [0.717, 1.165) is 6.42 Å². The molecule has 3 rings (SSSR count). The van der Waals surface area contributed by atoms with Crippen molar-refractivity contribution in [2.75, 3.05) is 25.0 Å². The van der Waals surface area contributed by atoms with Crippen LogP contribution >= 0.6 is 34.8 Å². The van der Waals surface area contributed by atoms with Crippen LogP contribution in [0.5, 0.6) is 0 Å². The zero-order valence-electron chi connectivity index (χ0n) is 16.1. The molecule has 0 spiro atoms. The molecule has 8 nitrogen and oxygen atoms in total. The number of nitrogens with zero attached hydrogens (tertiary/aromatic N) is 1. The van der Waals surface area contributed by atoms with Crippen molar-refractivity contribution in [3.63, 3.8) is 0 Å². The monoisotopic (exact) mass is 474 g/mol. The van der Waals surface area contributed by atoms with Gasteiger partial charge in [-0.2, -0.15) is 0 Å². The Kier molecular flexibility index (Phi) is 6.79. The first kappa shape index (κ1) is 22.7. The van der Waals surface area contributed by atoms with Crippen molar-refractivity contribution in [1.82, 2.24) is 10.2 Å². The SMILES string of the molecule is NC(=O)C(=[NH2+])c1ccc(Cl)cc1NCC(=O)N1CCC[C@H]1C(=O)NC[C@H]1CC1(Cl)Cl. The lowest BCUT2D eigenvalue weighted by Gasteiger charge is -2.24. The molecule has 2 atom stereocenters. The van der Waals surface area contributed by atoms with Gasteiger partial charge >= 0.3 is 5.91 Å². The number of hydrogen-bond acceptors (Lipinski definition) is 4. The van der Waals surface area contributed by atoms with E-state index in [1.807, 2.05) is 0 Å². The number of hydrogen-bond donors (Lipinski definition) is 4.